The van der Waals surface area contributed by atoms with Gasteiger partial charge in [0.2, 0.25) is 0 Å². The highest BCUT2D eigenvalue weighted by molar-refractivity contribution is 6.25. The van der Waals surface area contributed by atoms with Gasteiger partial charge in [0.25, 0.3) is 0 Å². The van der Waals surface area contributed by atoms with Crippen molar-refractivity contribution in [2.45, 2.75) is 30.1 Å². The van der Waals surface area contributed by atoms with Crippen LogP contribution in [0.1, 0.15) is 30.4 Å². The maximum absolute atomic E-state index is 12.2. The molecule has 3 aliphatic rings. The second-order valence-corrected chi connectivity index (χ2v) is 7.04. The van der Waals surface area contributed by atoms with Crippen molar-refractivity contribution in [2.75, 3.05) is 0 Å². The molecule has 7 heteroatoms. The Morgan fingerprint density at radius 1 is 1.04 bits per heavy atom. The second kappa shape index (κ2) is 4.89. The number of carbonyl (C=O) groups excluding carboxylic acids is 4. The fraction of sp³-hybridized carbons (Fsp3) is 0.412. The summed E-state index contributed by atoms with van der Waals surface area (Å²) in [4.78, 5) is 48.1. The molecule has 0 saturated carbocycles. The third-order valence-corrected chi connectivity index (χ3v) is 6.17. The first-order chi connectivity index (χ1) is 11.4. The molecule has 0 amide bonds. The minimum absolute atomic E-state index is 0.104. The molecule has 0 radical (unpaired) electrons. The number of rotatable bonds is 1. The summed E-state index contributed by atoms with van der Waals surface area (Å²) in [5.74, 6) is -5.06. The molecule has 1 aromatic rings. The Labute approximate surface area is 142 Å². The molecule has 4 rings (SSSR count). The van der Waals surface area contributed by atoms with Crippen molar-refractivity contribution in [2.24, 2.45) is 11.8 Å². The number of alkyl halides is 1. The van der Waals surface area contributed by atoms with Gasteiger partial charge in [0.15, 0.2) is 0 Å². The Balaban J connectivity index is 1.94. The summed E-state index contributed by atoms with van der Waals surface area (Å²) in [5.41, 5.74) is 0.270. The lowest BCUT2D eigenvalue weighted by atomic mass is 9.58. The monoisotopic (exact) mass is 348 g/mol. The Morgan fingerprint density at radius 3 is 2.42 bits per heavy atom. The molecular formula is C17H13ClO6. The van der Waals surface area contributed by atoms with Gasteiger partial charge in [-0.05, 0) is 11.1 Å². The van der Waals surface area contributed by atoms with Crippen molar-refractivity contribution in [1.29, 1.82) is 0 Å². The van der Waals surface area contributed by atoms with Gasteiger partial charge in [-0.2, -0.15) is 0 Å². The minimum Gasteiger partial charge on any atom is -0.393 e. The summed E-state index contributed by atoms with van der Waals surface area (Å²) in [6.45, 7) is 1.74. The zero-order valence-corrected chi connectivity index (χ0v) is 13.4. The molecule has 124 valence electrons. The SMILES string of the molecule is CC1(C2CC(=O)OC2=O)c2ccccc2C2C(=O)OC(=O)C2C1Cl. The smallest absolute Gasteiger partial charge is 0.322 e. The number of hydrogen-bond acceptors (Lipinski definition) is 6. The van der Waals surface area contributed by atoms with Crippen LogP contribution in [-0.2, 0) is 34.1 Å². The number of benzene rings is 1. The standard InChI is InChI=1S/C17H13ClO6/c1-17(9-6-10(19)23-14(9)20)8-5-3-2-4-7(8)11-12(13(17)18)16(22)24-15(11)21/h2-5,9,11-13H,6H2,1H3. The lowest BCUT2D eigenvalue weighted by Crippen LogP contribution is -2.52. The average molecular weight is 349 g/mol. The maximum atomic E-state index is 12.2. The molecule has 2 aliphatic heterocycles. The molecule has 2 fully saturated rings. The number of ether oxygens (including phenoxy) is 2. The molecule has 2 saturated heterocycles. The van der Waals surface area contributed by atoms with Gasteiger partial charge in [0.1, 0.15) is 0 Å². The number of cyclic esters (lactones) is 4. The number of hydrogen-bond donors (Lipinski definition) is 0. The lowest BCUT2D eigenvalue weighted by molar-refractivity contribution is -0.156. The van der Waals surface area contributed by atoms with Gasteiger partial charge in [-0.25, -0.2) is 0 Å². The molecule has 0 aromatic heterocycles. The van der Waals surface area contributed by atoms with Gasteiger partial charge in [-0.15, -0.1) is 11.6 Å². The quantitative estimate of drug-likeness (QED) is 0.433. The van der Waals surface area contributed by atoms with E-state index in [1.807, 2.05) is 0 Å². The molecule has 24 heavy (non-hydrogen) atoms. The summed E-state index contributed by atoms with van der Waals surface area (Å²) >= 11 is 6.63. The van der Waals surface area contributed by atoms with E-state index in [9.17, 15) is 19.2 Å². The van der Waals surface area contributed by atoms with Crippen molar-refractivity contribution in [3.05, 3.63) is 35.4 Å². The first-order valence-electron chi connectivity index (χ1n) is 7.59. The topological polar surface area (TPSA) is 86.7 Å². The summed E-state index contributed by atoms with van der Waals surface area (Å²) < 4.78 is 9.49. The Bertz CT molecular complexity index is 802. The molecular weight excluding hydrogens is 336 g/mol. The van der Waals surface area contributed by atoms with E-state index in [4.69, 9.17) is 21.1 Å². The normalized spacial score (nSPS) is 37.8. The van der Waals surface area contributed by atoms with Crippen molar-refractivity contribution < 1.29 is 28.7 Å². The van der Waals surface area contributed by atoms with Crippen LogP contribution in [-0.4, -0.2) is 29.3 Å². The molecule has 0 bridgehead atoms. The largest absolute Gasteiger partial charge is 0.393 e. The van der Waals surface area contributed by atoms with Crippen molar-refractivity contribution in [1.82, 2.24) is 0 Å². The second-order valence-electron chi connectivity index (χ2n) is 6.57. The molecule has 0 N–H and O–H groups in total. The van der Waals surface area contributed by atoms with Crippen LogP contribution in [0, 0.1) is 11.8 Å². The molecule has 5 atom stereocenters. The highest BCUT2D eigenvalue weighted by Gasteiger charge is 2.63. The first kappa shape index (κ1) is 15.3. The third kappa shape index (κ3) is 1.77. The van der Waals surface area contributed by atoms with Gasteiger partial charge >= 0.3 is 23.9 Å². The van der Waals surface area contributed by atoms with Gasteiger partial charge in [0.05, 0.1) is 29.6 Å². The Hall–Kier alpha value is -2.21. The van der Waals surface area contributed by atoms with Crippen LogP contribution in [0.5, 0.6) is 0 Å². The van der Waals surface area contributed by atoms with E-state index in [0.717, 1.165) is 0 Å². The van der Waals surface area contributed by atoms with Crippen LogP contribution in [0.25, 0.3) is 0 Å². The number of halogens is 1. The summed E-state index contributed by atoms with van der Waals surface area (Å²) in [6, 6.07) is 7.02. The lowest BCUT2D eigenvalue weighted by Gasteiger charge is -2.45. The van der Waals surface area contributed by atoms with Crippen LogP contribution in [0.15, 0.2) is 24.3 Å². The highest BCUT2D eigenvalue weighted by Crippen LogP contribution is 2.56. The van der Waals surface area contributed by atoms with Gasteiger partial charge < -0.3 is 9.47 Å². The molecule has 0 spiro atoms. The van der Waals surface area contributed by atoms with E-state index < -0.39 is 52.4 Å². The molecule has 5 unspecified atom stereocenters. The number of esters is 4. The van der Waals surface area contributed by atoms with Crippen LogP contribution >= 0.6 is 11.6 Å². The van der Waals surface area contributed by atoms with E-state index in [-0.39, 0.29) is 6.42 Å². The Kier molecular flexibility index (Phi) is 3.12. The number of carbonyl (C=O) groups is 4. The zero-order valence-electron chi connectivity index (χ0n) is 12.7. The summed E-state index contributed by atoms with van der Waals surface area (Å²) in [7, 11) is 0. The molecule has 2 heterocycles. The zero-order chi connectivity index (χ0) is 17.2. The first-order valence-corrected chi connectivity index (χ1v) is 8.03. The van der Waals surface area contributed by atoms with E-state index >= 15 is 0 Å². The van der Waals surface area contributed by atoms with Crippen molar-refractivity contribution in [3.63, 3.8) is 0 Å². The predicted molar refractivity (Wildman–Crippen MR) is 80.0 cm³/mol. The third-order valence-electron chi connectivity index (χ3n) is 5.44. The minimum atomic E-state index is -1.02. The van der Waals surface area contributed by atoms with Crippen LogP contribution < -0.4 is 0 Å². The Morgan fingerprint density at radius 2 is 1.75 bits per heavy atom. The molecule has 1 aromatic carbocycles. The van der Waals surface area contributed by atoms with Crippen molar-refractivity contribution in [3.8, 4) is 0 Å². The predicted octanol–water partition coefficient (Wildman–Crippen LogP) is 1.44. The molecule has 6 nitrogen and oxygen atoms in total. The van der Waals surface area contributed by atoms with Crippen molar-refractivity contribution >= 4 is 35.5 Å². The average Bonchev–Trinajstić information content (AvgIpc) is 3.03. The van der Waals surface area contributed by atoms with Gasteiger partial charge in [0, 0.05) is 5.41 Å². The van der Waals surface area contributed by atoms with Crippen LogP contribution in [0.3, 0.4) is 0 Å². The van der Waals surface area contributed by atoms with E-state index in [1.54, 1.807) is 31.2 Å². The van der Waals surface area contributed by atoms with Gasteiger partial charge in [-0.3, -0.25) is 19.2 Å². The van der Waals surface area contributed by atoms with E-state index in [0.29, 0.717) is 11.1 Å². The van der Waals surface area contributed by atoms with Crippen LogP contribution in [0.4, 0.5) is 0 Å². The van der Waals surface area contributed by atoms with Gasteiger partial charge in [-0.1, -0.05) is 31.2 Å². The maximum Gasteiger partial charge on any atom is 0.322 e. The fourth-order valence-electron chi connectivity index (χ4n) is 4.21. The van der Waals surface area contributed by atoms with Crippen LogP contribution in [0.2, 0.25) is 0 Å². The summed E-state index contributed by atoms with van der Waals surface area (Å²) in [6.07, 6.45) is -0.104. The highest BCUT2D eigenvalue weighted by atomic mass is 35.5. The number of fused-ring (bicyclic) bond motifs is 3. The fourth-order valence-corrected chi connectivity index (χ4v) is 4.73. The molecule has 1 aliphatic carbocycles. The summed E-state index contributed by atoms with van der Waals surface area (Å²) in [5, 5.41) is -0.875. The van der Waals surface area contributed by atoms with E-state index in [2.05, 4.69) is 0 Å². The van der Waals surface area contributed by atoms with E-state index in [1.165, 1.54) is 0 Å².